The molecule has 2 aliphatic rings. The van der Waals surface area contributed by atoms with Gasteiger partial charge in [-0.2, -0.15) is 0 Å². The lowest BCUT2D eigenvalue weighted by molar-refractivity contribution is -0.141. The molecule has 0 aromatic rings. The summed E-state index contributed by atoms with van der Waals surface area (Å²) >= 11 is 0. The number of fused-ring (bicyclic) bond motifs is 1. The lowest BCUT2D eigenvalue weighted by Crippen LogP contribution is -2.55. The van der Waals surface area contributed by atoms with Gasteiger partial charge in [0, 0.05) is 26.1 Å². The zero-order valence-corrected chi connectivity index (χ0v) is 21.4. The van der Waals surface area contributed by atoms with Crippen LogP contribution in [0.3, 0.4) is 0 Å². The van der Waals surface area contributed by atoms with E-state index in [0.717, 1.165) is 0 Å². The number of carbonyl (C=O) groups is 6. The molecule has 0 unspecified atom stereocenters. The molecule has 0 radical (unpaired) electrons. The van der Waals surface area contributed by atoms with E-state index in [-0.39, 0.29) is 37.8 Å². The van der Waals surface area contributed by atoms with Gasteiger partial charge in [-0.3, -0.25) is 33.8 Å². The Morgan fingerprint density at radius 3 is 2.39 bits per heavy atom. The SMILES string of the molecule is NC(N)=NCCC[C@@H]1NC(=O)[C@@H]2CCCN2C(=O)CCCCCNC(=O)[C@H](CC(=O)O)NC(=O)CNC1=O. The summed E-state index contributed by atoms with van der Waals surface area (Å²) in [6.45, 7) is 0.352. The second kappa shape index (κ2) is 15.4. The Kier molecular flexibility index (Phi) is 12.3. The fourth-order valence-corrected chi connectivity index (χ4v) is 4.35. The molecule has 212 valence electrons. The number of guanidine groups is 1. The molecule has 2 rings (SSSR count). The van der Waals surface area contributed by atoms with Crippen LogP contribution in [0.4, 0.5) is 0 Å². The van der Waals surface area contributed by atoms with Crippen LogP contribution >= 0.6 is 0 Å². The van der Waals surface area contributed by atoms with Gasteiger partial charge in [-0.25, -0.2) is 0 Å². The van der Waals surface area contributed by atoms with E-state index in [4.69, 9.17) is 16.6 Å². The zero-order chi connectivity index (χ0) is 28.1. The summed E-state index contributed by atoms with van der Waals surface area (Å²) in [5.74, 6) is -4.11. The lowest BCUT2D eigenvalue weighted by Gasteiger charge is -2.26. The van der Waals surface area contributed by atoms with Crippen LogP contribution in [0.1, 0.15) is 57.8 Å². The van der Waals surface area contributed by atoms with E-state index in [0.29, 0.717) is 45.1 Å². The summed E-state index contributed by atoms with van der Waals surface area (Å²) in [7, 11) is 0. The molecule has 2 saturated heterocycles. The average Bonchev–Trinajstić information content (AvgIpc) is 3.35. The Balaban J connectivity index is 2.18. The van der Waals surface area contributed by atoms with E-state index in [1.54, 1.807) is 0 Å². The maximum absolute atomic E-state index is 13.1. The van der Waals surface area contributed by atoms with Crippen LogP contribution in [-0.4, -0.2) is 95.8 Å². The molecule has 0 aromatic carbocycles. The summed E-state index contributed by atoms with van der Waals surface area (Å²) in [6, 6.07) is -3.07. The fraction of sp³-hybridized carbons (Fsp3) is 0.696. The van der Waals surface area contributed by atoms with Crippen LogP contribution in [0.25, 0.3) is 0 Å². The molecule has 9 N–H and O–H groups in total. The number of hydrogen-bond donors (Lipinski definition) is 7. The molecule has 0 spiro atoms. The van der Waals surface area contributed by atoms with Gasteiger partial charge in [-0.1, -0.05) is 6.42 Å². The standard InChI is InChI=1S/C23H38N8O7/c24-23(25)27-10-4-6-14-20(36)28-13-17(32)29-15(12-19(34)35)21(37)26-9-3-1-2-8-18(33)31-11-5-7-16(31)22(38)30-14/h14-16H,1-13H2,(H,26,37)(H,28,36)(H,29,32)(H,30,38)(H,34,35)(H4,24,25,27)/t14-,15-,16-/m0/s1. The molecule has 0 aliphatic carbocycles. The number of hydrogen-bond acceptors (Lipinski definition) is 7. The van der Waals surface area contributed by atoms with E-state index in [1.165, 1.54) is 4.90 Å². The monoisotopic (exact) mass is 538 g/mol. The van der Waals surface area contributed by atoms with Gasteiger partial charge < -0.3 is 42.7 Å². The quantitative estimate of drug-likeness (QED) is 0.105. The molecule has 0 aromatic heterocycles. The number of carboxylic acids is 1. The summed E-state index contributed by atoms with van der Waals surface area (Å²) in [5, 5.41) is 19.1. The van der Waals surface area contributed by atoms with Crippen molar-refractivity contribution >= 4 is 41.5 Å². The Morgan fingerprint density at radius 1 is 0.947 bits per heavy atom. The van der Waals surface area contributed by atoms with Crippen molar-refractivity contribution in [1.82, 2.24) is 26.2 Å². The lowest BCUT2D eigenvalue weighted by atomic mass is 10.1. The molecule has 2 fully saturated rings. The maximum Gasteiger partial charge on any atom is 0.305 e. The molecule has 3 atom stereocenters. The van der Waals surface area contributed by atoms with Gasteiger partial charge in [0.15, 0.2) is 5.96 Å². The topological polar surface area (TPSA) is 238 Å². The number of carbonyl (C=O) groups excluding carboxylic acids is 5. The highest BCUT2D eigenvalue weighted by Crippen LogP contribution is 2.20. The van der Waals surface area contributed by atoms with Gasteiger partial charge >= 0.3 is 5.97 Å². The van der Waals surface area contributed by atoms with Gasteiger partial charge in [-0.05, 0) is 38.5 Å². The van der Waals surface area contributed by atoms with E-state index in [1.807, 2.05) is 0 Å². The summed E-state index contributed by atoms with van der Waals surface area (Å²) in [6.07, 6.45) is 2.95. The molecule has 5 amide bonds. The van der Waals surface area contributed by atoms with Crippen LogP contribution in [0.2, 0.25) is 0 Å². The number of aliphatic imine (C=N–C) groups is 1. The first-order valence-electron chi connectivity index (χ1n) is 12.8. The number of aliphatic carboxylic acids is 1. The van der Waals surface area contributed by atoms with Crippen molar-refractivity contribution in [3.05, 3.63) is 0 Å². The fourth-order valence-electron chi connectivity index (χ4n) is 4.35. The smallest absolute Gasteiger partial charge is 0.305 e. The highest BCUT2D eigenvalue weighted by molar-refractivity contribution is 5.95. The van der Waals surface area contributed by atoms with Crippen molar-refractivity contribution in [3.8, 4) is 0 Å². The largest absolute Gasteiger partial charge is 0.481 e. The predicted molar refractivity (Wildman–Crippen MR) is 135 cm³/mol. The normalized spacial score (nSPS) is 24.5. The highest BCUT2D eigenvalue weighted by atomic mass is 16.4. The van der Waals surface area contributed by atoms with Gasteiger partial charge in [0.05, 0.1) is 13.0 Å². The molecule has 38 heavy (non-hydrogen) atoms. The molecule has 0 saturated carbocycles. The number of carboxylic acid groups (broad SMARTS) is 1. The van der Waals surface area contributed by atoms with Crippen LogP contribution < -0.4 is 32.7 Å². The third-order valence-corrected chi connectivity index (χ3v) is 6.27. The van der Waals surface area contributed by atoms with E-state index >= 15 is 0 Å². The van der Waals surface area contributed by atoms with Crippen LogP contribution in [0, 0.1) is 0 Å². The summed E-state index contributed by atoms with van der Waals surface area (Å²) in [5.41, 5.74) is 10.7. The average molecular weight is 539 g/mol. The number of nitrogens with one attached hydrogen (secondary N) is 4. The Bertz CT molecular complexity index is 921. The first-order chi connectivity index (χ1) is 18.1. The van der Waals surface area contributed by atoms with E-state index < -0.39 is 60.7 Å². The van der Waals surface area contributed by atoms with E-state index in [9.17, 15) is 28.8 Å². The maximum atomic E-state index is 13.1. The van der Waals surface area contributed by atoms with Crippen molar-refractivity contribution in [1.29, 1.82) is 0 Å². The Hall–Kier alpha value is -3.91. The minimum absolute atomic E-state index is 0.115. The summed E-state index contributed by atoms with van der Waals surface area (Å²) < 4.78 is 0. The minimum Gasteiger partial charge on any atom is -0.481 e. The number of rotatable bonds is 6. The van der Waals surface area contributed by atoms with Gasteiger partial charge in [0.2, 0.25) is 29.5 Å². The van der Waals surface area contributed by atoms with Gasteiger partial charge in [0.1, 0.15) is 18.1 Å². The second-order valence-electron chi connectivity index (χ2n) is 9.29. The van der Waals surface area contributed by atoms with Crippen molar-refractivity contribution in [2.24, 2.45) is 16.5 Å². The molecular formula is C23H38N8O7. The zero-order valence-electron chi connectivity index (χ0n) is 21.4. The molecule has 2 heterocycles. The third kappa shape index (κ3) is 10.2. The van der Waals surface area contributed by atoms with Gasteiger partial charge in [-0.15, -0.1) is 0 Å². The van der Waals surface area contributed by atoms with Crippen LogP contribution in [-0.2, 0) is 28.8 Å². The molecular weight excluding hydrogens is 500 g/mol. The summed E-state index contributed by atoms with van der Waals surface area (Å²) in [4.78, 5) is 80.2. The van der Waals surface area contributed by atoms with Crippen LogP contribution in [0.15, 0.2) is 4.99 Å². The number of nitrogens with two attached hydrogens (primary N) is 2. The van der Waals surface area contributed by atoms with E-state index in [2.05, 4.69) is 26.3 Å². The molecule has 15 heteroatoms. The number of nitrogens with zero attached hydrogens (tertiary/aromatic N) is 2. The third-order valence-electron chi connectivity index (χ3n) is 6.27. The Labute approximate surface area is 220 Å². The van der Waals surface area contributed by atoms with Gasteiger partial charge in [0.25, 0.3) is 0 Å². The van der Waals surface area contributed by atoms with Crippen molar-refractivity contribution in [2.75, 3.05) is 26.2 Å². The van der Waals surface area contributed by atoms with Crippen molar-refractivity contribution in [2.45, 2.75) is 75.9 Å². The first-order valence-corrected chi connectivity index (χ1v) is 12.8. The van der Waals surface area contributed by atoms with Crippen molar-refractivity contribution in [3.63, 3.8) is 0 Å². The highest BCUT2D eigenvalue weighted by Gasteiger charge is 2.35. The van der Waals surface area contributed by atoms with Crippen LogP contribution in [0.5, 0.6) is 0 Å². The molecule has 0 bridgehead atoms. The number of amides is 5. The van der Waals surface area contributed by atoms with Crippen molar-refractivity contribution < 1.29 is 33.9 Å². The second-order valence-corrected chi connectivity index (χ2v) is 9.29. The molecule has 15 nitrogen and oxygen atoms in total. The minimum atomic E-state index is -1.33. The predicted octanol–water partition coefficient (Wildman–Crippen LogP) is -2.72. The first kappa shape index (κ1) is 30.3. The molecule has 2 aliphatic heterocycles. The Morgan fingerprint density at radius 2 is 1.68 bits per heavy atom.